The number of alkyl halides is 3. The second kappa shape index (κ2) is 8.05. The lowest BCUT2D eigenvalue weighted by atomic mass is 9.74. The predicted molar refractivity (Wildman–Crippen MR) is 104 cm³/mol. The molecule has 0 bridgehead atoms. The van der Waals surface area contributed by atoms with Gasteiger partial charge in [0, 0.05) is 6.08 Å². The number of hydrogen-bond donors (Lipinski definition) is 1. The smallest absolute Gasteiger partial charge is 0.416 e. The van der Waals surface area contributed by atoms with Crippen LogP contribution in [0.4, 0.5) is 13.2 Å². The van der Waals surface area contributed by atoms with E-state index in [1.165, 1.54) is 12.1 Å². The van der Waals surface area contributed by atoms with Crippen molar-refractivity contribution in [1.29, 1.82) is 0 Å². The number of benzene rings is 2. The lowest BCUT2D eigenvalue weighted by Gasteiger charge is -2.31. The van der Waals surface area contributed by atoms with Crippen molar-refractivity contribution in [1.82, 2.24) is 0 Å². The summed E-state index contributed by atoms with van der Waals surface area (Å²) in [5.74, 6) is -1.18. The van der Waals surface area contributed by atoms with E-state index in [4.69, 9.17) is 5.11 Å². The standard InChI is InChI=1S/C23H21F3O2/c1-2-5-16-13-19(18-9-3-6-15(12-18)10-11-21(27)28)22(17-7-4-8-17)20(14-16)23(24,25)26/h2-3,6,9-14,17H,1,4-5,7-8H2,(H,27,28)/b11-10+. The van der Waals surface area contributed by atoms with Crippen LogP contribution in [0.2, 0.25) is 0 Å². The summed E-state index contributed by atoms with van der Waals surface area (Å²) in [6.07, 6.45) is 2.38. The molecule has 28 heavy (non-hydrogen) atoms. The number of aliphatic carboxylic acids is 1. The first-order chi connectivity index (χ1) is 13.3. The van der Waals surface area contributed by atoms with Crippen LogP contribution in [0, 0.1) is 0 Å². The molecule has 0 amide bonds. The molecule has 2 aromatic rings. The Morgan fingerprint density at radius 1 is 1.21 bits per heavy atom. The van der Waals surface area contributed by atoms with Crippen LogP contribution in [0.5, 0.6) is 0 Å². The summed E-state index contributed by atoms with van der Waals surface area (Å²) in [4.78, 5) is 10.8. The number of halogens is 3. The van der Waals surface area contributed by atoms with Crippen molar-refractivity contribution in [2.24, 2.45) is 0 Å². The topological polar surface area (TPSA) is 37.3 Å². The van der Waals surface area contributed by atoms with Gasteiger partial charge in [0.25, 0.3) is 0 Å². The Morgan fingerprint density at radius 3 is 2.54 bits per heavy atom. The monoisotopic (exact) mass is 386 g/mol. The maximum absolute atomic E-state index is 13.9. The van der Waals surface area contributed by atoms with Crippen LogP contribution in [0.1, 0.15) is 47.4 Å². The highest BCUT2D eigenvalue weighted by molar-refractivity contribution is 5.85. The van der Waals surface area contributed by atoms with Gasteiger partial charge in [-0.05, 0) is 71.2 Å². The number of rotatable bonds is 6. The maximum atomic E-state index is 13.9. The van der Waals surface area contributed by atoms with Crippen LogP contribution in [0.25, 0.3) is 17.2 Å². The Balaban J connectivity index is 2.21. The van der Waals surface area contributed by atoms with E-state index in [9.17, 15) is 18.0 Å². The fourth-order valence-electron chi connectivity index (χ4n) is 3.59. The van der Waals surface area contributed by atoms with Gasteiger partial charge >= 0.3 is 12.1 Å². The van der Waals surface area contributed by atoms with Crippen LogP contribution in [-0.4, -0.2) is 11.1 Å². The highest BCUT2D eigenvalue weighted by atomic mass is 19.4. The van der Waals surface area contributed by atoms with E-state index >= 15 is 0 Å². The second-order valence-electron chi connectivity index (χ2n) is 7.02. The Bertz CT molecular complexity index is 922. The van der Waals surface area contributed by atoms with Crippen LogP contribution in [-0.2, 0) is 17.4 Å². The zero-order chi connectivity index (χ0) is 20.3. The number of carbonyl (C=O) groups is 1. The van der Waals surface area contributed by atoms with Crippen LogP contribution in [0.15, 0.2) is 55.1 Å². The minimum absolute atomic E-state index is 0.109. The Labute approximate surface area is 162 Å². The molecule has 1 fully saturated rings. The van der Waals surface area contributed by atoms with Gasteiger partial charge in [-0.25, -0.2) is 4.79 Å². The van der Waals surface area contributed by atoms with E-state index in [1.807, 2.05) is 6.07 Å². The third kappa shape index (κ3) is 4.35. The van der Waals surface area contributed by atoms with Gasteiger partial charge in [-0.2, -0.15) is 13.2 Å². The van der Waals surface area contributed by atoms with Crippen molar-refractivity contribution in [3.05, 3.63) is 77.4 Å². The molecule has 0 aliphatic heterocycles. The molecule has 1 aliphatic carbocycles. The molecule has 0 atom stereocenters. The largest absolute Gasteiger partial charge is 0.478 e. The second-order valence-corrected chi connectivity index (χ2v) is 7.02. The van der Waals surface area contributed by atoms with E-state index in [2.05, 4.69) is 6.58 Å². The molecule has 2 nitrogen and oxygen atoms in total. The number of carboxylic acids is 1. The normalized spacial score (nSPS) is 14.8. The summed E-state index contributed by atoms with van der Waals surface area (Å²) in [7, 11) is 0. The van der Waals surface area contributed by atoms with Gasteiger partial charge in [0.2, 0.25) is 0 Å². The lowest BCUT2D eigenvalue weighted by molar-refractivity contribution is -0.138. The number of hydrogen-bond acceptors (Lipinski definition) is 1. The molecule has 1 saturated carbocycles. The molecule has 146 valence electrons. The van der Waals surface area contributed by atoms with Gasteiger partial charge in [-0.1, -0.05) is 36.8 Å². The summed E-state index contributed by atoms with van der Waals surface area (Å²) in [5.41, 5.74) is 2.20. The lowest BCUT2D eigenvalue weighted by Crippen LogP contribution is -2.18. The molecule has 3 rings (SSSR count). The zero-order valence-electron chi connectivity index (χ0n) is 15.3. The highest BCUT2D eigenvalue weighted by Gasteiger charge is 2.38. The maximum Gasteiger partial charge on any atom is 0.416 e. The van der Waals surface area contributed by atoms with E-state index in [1.54, 1.807) is 30.3 Å². The van der Waals surface area contributed by atoms with Crippen molar-refractivity contribution < 1.29 is 23.1 Å². The molecular weight excluding hydrogens is 365 g/mol. The van der Waals surface area contributed by atoms with Crippen LogP contribution >= 0.6 is 0 Å². The Hall–Kier alpha value is -2.82. The molecule has 2 aromatic carbocycles. The minimum Gasteiger partial charge on any atom is -0.478 e. The summed E-state index contributed by atoms with van der Waals surface area (Å²) >= 11 is 0. The summed E-state index contributed by atoms with van der Waals surface area (Å²) in [5, 5.41) is 8.82. The van der Waals surface area contributed by atoms with E-state index < -0.39 is 17.7 Å². The van der Waals surface area contributed by atoms with Gasteiger partial charge in [-0.15, -0.1) is 6.58 Å². The van der Waals surface area contributed by atoms with Gasteiger partial charge in [0.15, 0.2) is 0 Å². The van der Waals surface area contributed by atoms with Crippen molar-refractivity contribution in [3.63, 3.8) is 0 Å². The fourth-order valence-corrected chi connectivity index (χ4v) is 3.59. The first-order valence-electron chi connectivity index (χ1n) is 9.16. The van der Waals surface area contributed by atoms with E-state index in [-0.39, 0.29) is 5.92 Å². The SMILES string of the molecule is C=CCc1cc(-c2cccc(/C=C/C(=O)O)c2)c(C2CCC2)c(C(F)(F)F)c1. The molecule has 0 heterocycles. The van der Waals surface area contributed by atoms with Crippen molar-refractivity contribution in [3.8, 4) is 11.1 Å². The van der Waals surface area contributed by atoms with Crippen molar-refractivity contribution >= 4 is 12.0 Å². The number of allylic oxidation sites excluding steroid dienone is 1. The van der Waals surface area contributed by atoms with E-state index in [0.717, 1.165) is 25.3 Å². The Morgan fingerprint density at radius 2 is 1.96 bits per heavy atom. The molecule has 0 unspecified atom stereocenters. The number of carboxylic acid groups (broad SMARTS) is 1. The van der Waals surface area contributed by atoms with E-state index in [0.29, 0.717) is 34.2 Å². The molecular formula is C23H21F3O2. The molecule has 5 heteroatoms. The first-order valence-corrected chi connectivity index (χ1v) is 9.16. The van der Waals surface area contributed by atoms with Crippen LogP contribution in [0.3, 0.4) is 0 Å². The highest BCUT2D eigenvalue weighted by Crippen LogP contribution is 2.47. The van der Waals surface area contributed by atoms with Gasteiger partial charge in [0.05, 0.1) is 5.56 Å². The average molecular weight is 386 g/mol. The fraction of sp³-hybridized carbons (Fsp3) is 0.261. The molecule has 0 aromatic heterocycles. The van der Waals surface area contributed by atoms with Crippen LogP contribution < -0.4 is 0 Å². The summed E-state index contributed by atoms with van der Waals surface area (Å²) in [6, 6.07) is 10.0. The summed E-state index contributed by atoms with van der Waals surface area (Å²) < 4.78 is 41.6. The quantitative estimate of drug-likeness (QED) is 0.456. The molecule has 0 radical (unpaired) electrons. The third-order valence-corrected chi connectivity index (χ3v) is 5.05. The molecule has 1 N–H and O–H groups in total. The van der Waals surface area contributed by atoms with Gasteiger partial charge in [0.1, 0.15) is 0 Å². The molecule has 0 spiro atoms. The zero-order valence-corrected chi connectivity index (χ0v) is 15.3. The molecule has 1 aliphatic rings. The predicted octanol–water partition coefficient (Wildman–Crippen LogP) is 6.47. The Kier molecular flexibility index (Phi) is 5.73. The van der Waals surface area contributed by atoms with Gasteiger partial charge < -0.3 is 5.11 Å². The van der Waals surface area contributed by atoms with Crippen molar-refractivity contribution in [2.45, 2.75) is 37.8 Å². The average Bonchev–Trinajstić information content (AvgIpc) is 2.59. The van der Waals surface area contributed by atoms with Crippen molar-refractivity contribution in [2.75, 3.05) is 0 Å². The minimum atomic E-state index is -4.43. The molecule has 0 saturated heterocycles. The summed E-state index contributed by atoms with van der Waals surface area (Å²) in [6.45, 7) is 3.64. The first kappa shape index (κ1) is 19.9. The third-order valence-electron chi connectivity index (χ3n) is 5.05. The van der Waals surface area contributed by atoms with Gasteiger partial charge in [-0.3, -0.25) is 0 Å².